The van der Waals surface area contributed by atoms with Gasteiger partial charge in [-0.15, -0.1) is 0 Å². The zero-order valence-corrected chi connectivity index (χ0v) is 14.6. The monoisotopic (exact) mass is 341 g/mol. The number of fused-ring (bicyclic) bond motifs is 1. The van der Waals surface area contributed by atoms with Gasteiger partial charge in [0, 0.05) is 5.69 Å². The molecule has 5 nitrogen and oxygen atoms in total. The van der Waals surface area contributed by atoms with Crippen LogP contribution in [0.5, 0.6) is 0 Å². The predicted molar refractivity (Wildman–Crippen MR) is 93.1 cm³/mol. The molecule has 4 rings (SSSR count). The Hall–Kier alpha value is -2.14. The van der Waals surface area contributed by atoms with E-state index in [4.69, 9.17) is 9.47 Å². The molecule has 1 aromatic rings. The van der Waals surface area contributed by atoms with E-state index in [1.807, 2.05) is 43.3 Å². The second kappa shape index (κ2) is 5.99. The van der Waals surface area contributed by atoms with Crippen LogP contribution < -0.4 is 4.90 Å². The normalized spacial score (nSPS) is 32.3. The number of nitrogens with zero attached hydrogens (tertiary/aromatic N) is 1. The van der Waals surface area contributed by atoms with Gasteiger partial charge in [0.15, 0.2) is 0 Å². The number of carbonyl (C=O) groups is 2. The van der Waals surface area contributed by atoms with Gasteiger partial charge in [0.05, 0.1) is 25.2 Å². The number of hydrogen-bond acceptors (Lipinski definition) is 4. The van der Waals surface area contributed by atoms with Gasteiger partial charge in [0.25, 0.3) is 0 Å². The Morgan fingerprint density at radius 3 is 2.76 bits per heavy atom. The van der Waals surface area contributed by atoms with Crippen molar-refractivity contribution < 1.29 is 19.1 Å². The van der Waals surface area contributed by atoms with Crippen LogP contribution in [0.3, 0.4) is 0 Å². The van der Waals surface area contributed by atoms with Crippen LogP contribution in [-0.2, 0) is 25.5 Å². The van der Waals surface area contributed by atoms with Crippen LogP contribution in [0, 0.1) is 11.8 Å². The molecule has 4 atom stereocenters. The number of hydrogen-bond donors (Lipinski definition) is 0. The lowest BCUT2D eigenvalue weighted by atomic mass is 9.77. The average Bonchev–Trinajstić information content (AvgIpc) is 3.28. The Morgan fingerprint density at radius 1 is 1.32 bits per heavy atom. The fourth-order valence-electron chi connectivity index (χ4n) is 4.20. The SMILES string of the molecule is CCCOC(=O)C1[C@H]2C(=O)N(c3ccc(CC)cc3)C[C@]23C=C[C@H]1O3. The highest BCUT2D eigenvalue weighted by Gasteiger charge is 2.67. The molecule has 25 heavy (non-hydrogen) atoms. The Kier molecular flexibility index (Phi) is 3.91. The maximum Gasteiger partial charge on any atom is 0.312 e. The first-order valence-electron chi connectivity index (χ1n) is 9.04. The first-order chi connectivity index (χ1) is 12.1. The minimum absolute atomic E-state index is 0.0467. The molecule has 3 aliphatic rings. The minimum atomic E-state index is -0.693. The van der Waals surface area contributed by atoms with Crippen molar-refractivity contribution in [1.29, 1.82) is 0 Å². The highest BCUT2D eigenvalue weighted by Crippen LogP contribution is 2.52. The third kappa shape index (κ3) is 2.41. The number of esters is 1. The molecule has 2 bridgehead atoms. The number of rotatable bonds is 5. The maximum atomic E-state index is 13.1. The Labute approximate surface area is 147 Å². The number of benzene rings is 1. The summed E-state index contributed by atoms with van der Waals surface area (Å²) < 4.78 is 11.4. The van der Waals surface area contributed by atoms with Gasteiger partial charge in [0.1, 0.15) is 11.5 Å². The van der Waals surface area contributed by atoms with E-state index in [2.05, 4.69) is 6.92 Å². The quantitative estimate of drug-likeness (QED) is 0.610. The second-order valence-corrected chi connectivity index (χ2v) is 7.01. The van der Waals surface area contributed by atoms with E-state index in [0.717, 1.165) is 18.5 Å². The van der Waals surface area contributed by atoms with Crippen molar-refractivity contribution in [1.82, 2.24) is 0 Å². The molecule has 3 aliphatic heterocycles. The summed E-state index contributed by atoms with van der Waals surface area (Å²) >= 11 is 0. The van der Waals surface area contributed by atoms with Gasteiger partial charge in [-0.25, -0.2) is 0 Å². The number of aryl methyl sites for hydroxylation is 1. The van der Waals surface area contributed by atoms with E-state index >= 15 is 0 Å². The van der Waals surface area contributed by atoms with Crippen LogP contribution in [-0.4, -0.2) is 36.7 Å². The topological polar surface area (TPSA) is 55.8 Å². The van der Waals surface area contributed by atoms with E-state index in [-0.39, 0.29) is 18.0 Å². The van der Waals surface area contributed by atoms with Crippen LogP contribution >= 0.6 is 0 Å². The fourth-order valence-corrected chi connectivity index (χ4v) is 4.20. The zero-order chi connectivity index (χ0) is 17.6. The van der Waals surface area contributed by atoms with E-state index in [0.29, 0.717) is 13.2 Å². The third-order valence-electron chi connectivity index (χ3n) is 5.48. The first-order valence-corrected chi connectivity index (χ1v) is 9.04. The lowest BCUT2D eigenvalue weighted by Crippen LogP contribution is -2.40. The van der Waals surface area contributed by atoms with Gasteiger partial charge in [-0.05, 0) is 30.5 Å². The minimum Gasteiger partial charge on any atom is -0.465 e. The molecule has 1 aromatic carbocycles. The molecular weight excluding hydrogens is 318 g/mol. The Balaban J connectivity index is 1.61. The molecule has 0 aromatic heterocycles. The van der Waals surface area contributed by atoms with Gasteiger partial charge in [-0.2, -0.15) is 0 Å². The molecule has 132 valence electrons. The molecule has 1 unspecified atom stereocenters. The van der Waals surface area contributed by atoms with Crippen molar-refractivity contribution in [3.63, 3.8) is 0 Å². The lowest BCUT2D eigenvalue weighted by Gasteiger charge is -2.22. The summed E-state index contributed by atoms with van der Waals surface area (Å²) in [5, 5.41) is 0. The number of anilines is 1. The molecular formula is C20H23NO4. The summed E-state index contributed by atoms with van der Waals surface area (Å²) in [6.45, 7) is 4.88. The molecule has 1 spiro atoms. The summed E-state index contributed by atoms with van der Waals surface area (Å²) in [4.78, 5) is 27.4. The summed E-state index contributed by atoms with van der Waals surface area (Å²) in [6, 6.07) is 8.01. The Morgan fingerprint density at radius 2 is 2.08 bits per heavy atom. The van der Waals surface area contributed by atoms with Crippen molar-refractivity contribution in [2.24, 2.45) is 11.8 Å². The standard InChI is InChI=1S/C20H23NO4/c1-3-11-24-19(23)16-15-9-10-20(25-15)12-21(18(22)17(16)20)14-7-5-13(4-2)6-8-14/h5-10,15-17H,3-4,11-12H2,1-2H3/t15-,16?,17+,20-/m1/s1. The average molecular weight is 341 g/mol. The van der Waals surface area contributed by atoms with Crippen LogP contribution in [0.15, 0.2) is 36.4 Å². The van der Waals surface area contributed by atoms with Gasteiger partial charge >= 0.3 is 5.97 Å². The maximum absolute atomic E-state index is 13.1. The molecule has 0 saturated carbocycles. The summed E-state index contributed by atoms with van der Waals surface area (Å²) in [5.41, 5.74) is 1.39. The molecule has 0 N–H and O–H groups in total. The number of amides is 1. The van der Waals surface area contributed by atoms with Crippen molar-refractivity contribution in [3.8, 4) is 0 Å². The third-order valence-corrected chi connectivity index (χ3v) is 5.48. The lowest BCUT2D eigenvalue weighted by molar-refractivity contribution is -0.152. The Bertz CT molecular complexity index is 726. The van der Waals surface area contributed by atoms with Crippen molar-refractivity contribution in [2.45, 2.75) is 38.4 Å². The molecule has 2 fully saturated rings. The van der Waals surface area contributed by atoms with Gasteiger partial charge in [-0.1, -0.05) is 38.1 Å². The molecule has 0 aliphatic carbocycles. The zero-order valence-electron chi connectivity index (χ0n) is 14.6. The molecule has 1 amide bonds. The van der Waals surface area contributed by atoms with E-state index < -0.39 is 17.4 Å². The van der Waals surface area contributed by atoms with Crippen LogP contribution in [0.25, 0.3) is 0 Å². The van der Waals surface area contributed by atoms with Crippen molar-refractivity contribution in [2.75, 3.05) is 18.1 Å². The first kappa shape index (κ1) is 16.3. The van der Waals surface area contributed by atoms with Crippen LogP contribution in [0.2, 0.25) is 0 Å². The molecule has 3 heterocycles. The van der Waals surface area contributed by atoms with Gasteiger partial charge in [-0.3, -0.25) is 9.59 Å². The van der Waals surface area contributed by atoms with Gasteiger partial charge < -0.3 is 14.4 Å². The second-order valence-electron chi connectivity index (χ2n) is 7.01. The highest BCUT2D eigenvalue weighted by molar-refractivity contribution is 6.02. The fraction of sp³-hybridized carbons (Fsp3) is 0.500. The van der Waals surface area contributed by atoms with Crippen molar-refractivity contribution >= 4 is 17.6 Å². The summed E-state index contributed by atoms with van der Waals surface area (Å²) in [6.07, 6.45) is 5.25. The highest BCUT2D eigenvalue weighted by atomic mass is 16.6. The summed E-state index contributed by atoms with van der Waals surface area (Å²) in [7, 11) is 0. The predicted octanol–water partition coefficient (Wildman–Crippen LogP) is 2.49. The number of ether oxygens (including phenoxy) is 2. The smallest absolute Gasteiger partial charge is 0.312 e. The van der Waals surface area contributed by atoms with E-state index in [1.165, 1.54) is 5.56 Å². The molecule has 2 saturated heterocycles. The number of carbonyl (C=O) groups excluding carboxylic acids is 2. The van der Waals surface area contributed by atoms with Crippen LogP contribution in [0.1, 0.15) is 25.8 Å². The van der Waals surface area contributed by atoms with Gasteiger partial charge in [0.2, 0.25) is 5.91 Å². The summed E-state index contributed by atoms with van der Waals surface area (Å²) in [5.74, 6) is -1.39. The largest absolute Gasteiger partial charge is 0.465 e. The van der Waals surface area contributed by atoms with E-state index in [1.54, 1.807) is 4.90 Å². The molecule has 5 heteroatoms. The van der Waals surface area contributed by atoms with Crippen molar-refractivity contribution in [3.05, 3.63) is 42.0 Å². The molecule has 0 radical (unpaired) electrons. The van der Waals surface area contributed by atoms with Crippen LogP contribution in [0.4, 0.5) is 5.69 Å². The van der Waals surface area contributed by atoms with E-state index in [9.17, 15) is 9.59 Å².